The summed E-state index contributed by atoms with van der Waals surface area (Å²) in [5.74, 6) is -0.351. The van der Waals surface area contributed by atoms with E-state index in [1.807, 2.05) is 27.7 Å². The fourth-order valence-corrected chi connectivity index (χ4v) is 3.76. The quantitative estimate of drug-likeness (QED) is 0.756. The number of rotatable bonds is 4. The van der Waals surface area contributed by atoms with E-state index in [0.29, 0.717) is 12.8 Å². The third-order valence-electron chi connectivity index (χ3n) is 4.71. The van der Waals surface area contributed by atoms with Gasteiger partial charge in [0.15, 0.2) is 0 Å². The molecule has 1 aromatic carbocycles. The van der Waals surface area contributed by atoms with Gasteiger partial charge in [0.1, 0.15) is 17.5 Å². The number of aryl methyl sites for hydroxylation is 3. The van der Waals surface area contributed by atoms with Crippen molar-refractivity contribution in [3.05, 3.63) is 34.4 Å². The van der Waals surface area contributed by atoms with Gasteiger partial charge in [-0.25, -0.2) is 0 Å². The smallest absolute Gasteiger partial charge is 0.148 e. The van der Waals surface area contributed by atoms with Crippen molar-refractivity contribution >= 4 is 11.6 Å². The normalized spacial score (nSPS) is 18.8. The van der Waals surface area contributed by atoms with Crippen LogP contribution in [0.1, 0.15) is 74.6 Å². The molecule has 0 radical (unpaired) electrons. The van der Waals surface area contributed by atoms with E-state index in [0.717, 1.165) is 23.1 Å². The summed E-state index contributed by atoms with van der Waals surface area (Å²) >= 11 is 0. The standard InChI is InChI=1S/C20H28O2/c1-6-7-8-15-9-13(2)18(14(3)10-15)19-16(21)11-20(4,5)12-17(19)22/h9-10,19H,6-8,11-12H2,1-5H3. The molecule has 0 saturated heterocycles. The van der Waals surface area contributed by atoms with Gasteiger partial charge >= 0.3 is 0 Å². The minimum atomic E-state index is -0.534. The highest BCUT2D eigenvalue weighted by Gasteiger charge is 2.41. The molecule has 120 valence electrons. The zero-order valence-corrected chi connectivity index (χ0v) is 14.6. The number of carbonyl (C=O) groups is 2. The molecule has 0 atom stereocenters. The Morgan fingerprint density at radius 3 is 2.00 bits per heavy atom. The zero-order chi connectivity index (χ0) is 16.5. The summed E-state index contributed by atoms with van der Waals surface area (Å²) in [6.45, 7) is 10.3. The van der Waals surface area contributed by atoms with E-state index in [9.17, 15) is 9.59 Å². The van der Waals surface area contributed by atoms with Crippen molar-refractivity contribution in [3.63, 3.8) is 0 Å². The average molecular weight is 300 g/mol. The first-order valence-corrected chi connectivity index (χ1v) is 8.40. The minimum Gasteiger partial charge on any atom is -0.299 e. The van der Waals surface area contributed by atoms with E-state index < -0.39 is 5.92 Å². The maximum atomic E-state index is 12.6. The predicted octanol–water partition coefficient (Wildman–Crippen LogP) is 4.69. The molecule has 0 amide bonds. The first-order valence-electron chi connectivity index (χ1n) is 8.40. The maximum Gasteiger partial charge on any atom is 0.148 e. The highest BCUT2D eigenvalue weighted by atomic mass is 16.2. The largest absolute Gasteiger partial charge is 0.299 e. The topological polar surface area (TPSA) is 34.1 Å². The second kappa shape index (κ2) is 6.36. The van der Waals surface area contributed by atoms with Crippen LogP contribution in [0.15, 0.2) is 12.1 Å². The molecule has 1 aliphatic rings. The molecule has 1 aliphatic carbocycles. The Labute approximate surface area is 134 Å². The van der Waals surface area contributed by atoms with Crippen LogP contribution in [0.2, 0.25) is 0 Å². The molecule has 0 bridgehead atoms. The maximum absolute atomic E-state index is 12.6. The van der Waals surface area contributed by atoms with Crippen LogP contribution < -0.4 is 0 Å². The summed E-state index contributed by atoms with van der Waals surface area (Å²) in [5.41, 5.74) is 4.28. The van der Waals surface area contributed by atoms with Crippen molar-refractivity contribution in [3.8, 4) is 0 Å². The summed E-state index contributed by atoms with van der Waals surface area (Å²) in [7, 11) is 0. The van der Waals surface area contributed by atoms with Gasteiger partial charge in [-0.1, -0.05) is 39.3 Å². The molecule has 1 aromatic rings. The molecule has 22 heavy (non-hydrogen) atoms. The third kappa shape index (κ3) is 3.48. The first-order chi connectivity index (χ1) is 10.2. The summed E-state index contributed by atoms with van der Waals surface area (Å²) in [6, 6.07) is 4.33. The molecule has 1 saturated carbocycles. The lowest BCUT2D eigenvalue weighted by molar-refractivity contribution is -0.135. The summed E-state index contributed by atoms with van der Waals surface area (Å²) in [4.78, 5) is 25.1. The third-order valence-corrected chi connectivity index (χ3v) is 4.71. The van der Waals surface area contributed by atoms with Gasteiger partial charge in [-0.05, 0) is 54.4 Å². The van der Waals surface area contributed by atoms with Crippen LogP contribution in [0.25, 0.3) is 0 Å². The molecule has 2 rings (SSSR count). The number of Topliss-reactive ketones (excluding diaryl/α,β-unsaturated/α-hetero) is 2. The van der Waals surface area contributed by atoms with Crippen LogP contribution >= 0.6 is 0 Å². The molecule has 0 aromatic heterocycles. The second-order valence-corrected chi connectivity index (χ2v) is 7.63. The lowest BCUT2D eigenvalue weighted by atomic mass is 9.68. The SMILES string of the molecule is CCCCc1cc(C)c(C2C(=O)CC(C)(C)CC2=O)c(C)c1. The molecule has 0 aliphatic heterocycles. The predicted molar refractivity (Wildman–Crippen MR) is 90.3 cm³/mol. The summed E-state index contributed by atoms with van der Waals surface area (Å²) < 4.78 is 0. The Kier molecular flexibility index (Phi) is 4.89. The van der Waals surface area contributed by atoms with Crippen molar-refractivity contribution in [2.45, 2.75) is 72.6 Å². The van der Waals surface area contributed by atoms with E-state index in [4.69, 9.17) is 0 Å². The Hall–Kier alpha value is -1.44. The van der Waals surface area contributed by atoms with Gasteiger partial charge < -0.3 is 0 Å². The number of carbonyl (C=O) groups excluding carboxylic acids is 2. The first kappa shape index (κ1) is 16.9. The Balaban J connectivity index is 2.36. The van der Waals surface area contributed by atoms with Crippen LogP contribution in [0.3, 0.4) is 0 Å². The number of ketones is 2. The lowest BCUT2D eigenvalue weighted by Gasteiger charge is -2.33. The Morgan fingerprint density at radius 2 is 1.55 bits per heavy atom. The van der Waals surface area contributed by atoms with Gasteiger partial charge in [-0.15, -0.1) is 0 Å². The van der Waals surface area contributed by atoms with Crippen LogP contribution in [-0.2, 0) is 16.0 Å². The van der Waals surface area contributed by atoms with E-state index in [1.54, 1.807) is 0 Å². The van der Waals surface area contributed by atoms with Gasteiger partial charge in [-0.2, -0.15) is 0 Å². The Morgan fingerprint density at radius 1 is 1.05 bits per heavy atom. The van der Waals surface area contributed by atoms with Crippen molar-refractivity contribution < 1.29 is 9.59 Å². The molecule has 0 spiro atoms. The summed E-state index contributed by atoms with van der Waals surface area (Å²) in [6.07, 6.45) is 4.42. The van der Waals surface area contributed by atoms with Crippen LogP contribution in [0.5, 0.6) is 0 Å². The van der Waals surface area contributed by atoms with Gasteiger partial charge in [-0.3, -0.25) is 9.59 Å². The fraction of sp³-hybridized carbons (Fsp3) is 0.600. The number of hydrogen-bond acceptors (Lipinski definition) is 2. The van der Waals surface area contributed by atoms with E-state index in [-0.39, 0.29) is 17.0 Å². The van der Waals surface area contributed by atoms with Gasteiger partial charge in [0.25, 0.3) is 0 Å². The van der Waals surface area contributed by atoms with Gasteiger partial charge in [0.05, 0.1) is 0 Å². The number of unbranched alkanes of at least 4 members (excludes halogenated alkanes) is 1. The number of benzene rings is 1. The summed E-state index contributed by atoms with van der Waals surface area (Å²) in [5, 5.41) is 0. The second-order valence-electron chi connectivity index (χ2n) is 7.63. The molecule has 0 N–H and O–H groups in total. The van der Waals surface area contributed by atoms with E-state index >= 15 is 0 Å². The van der Waals surface area contributed by atoms with E-state index in [1.165, 1.54) is 18.4 Å². The minimum absolute atomic E-state index is 0.0914. The Bertz CT molecular complexity index is 553. The van der Waals surface area contributed by atoms with Crippen molar-refractivity contribution in [1.82, 2.24) is 0 Å². The average Bonchev–Trinajstić information content (AvgIpc) is 2.37. The number of hydrogen-bond donors (Lipinski definition) is 0. The lowest BCUT2D eigenvalue weighted by Crippen LogP contribution is -2.36. The van der Waals surface area contributed by atoms with Crippen molar-refractivity contribution in [2.75, 3.05) is 0 Å². The van der Waals surface area contributed by atoms with Gasteiger partial charge in [0, 0.05) is 12.8 Å². The van der Waals surface area contributed by atoms with Crippen LogP contribution in [-0.4, -0.2) is 11.6 Å². The van der Waals surface area contributed by atoms with Crippen LogP contribution in [0.4, 0.5) is 0 Å². The van der Waals surface area contributed by atoms with Crippen molar-refractivity contribution in [2.24, 2.45) is 5.41 Å². The highest BCUT2D eigenvalue weighted by Crippen LogP contribution is 2.40. The molecule has 1 fully saturated rings. The van der Waals surface area contributed by atoms with Gasteiger partial charge in [0.2, 0.25) is 0 Å². The molecule has 2 nitrogen and oxygen atoms in total. The fourth-order valence-electron chi connectivity index (χ4n) is 3.76. The molecule has 0 heterocycles. The van der Waals surface area contributed by atoms with E-state index in [2.05, 4.69) is 19.1 Å². The highest BCUT2D eigenvalue weighted by molar-refractivity contribution is 6.10. The molecule has 2 heteroatoms. The monoisotopic (exact) mass is 300 g/mol. The molecular formula is C20H28O2. The van der Waals surface area contributed by atoms with Crippen molar-refractivity contribution in [1.29, 1.82) is 0 Å². The zero-order valence-electron chi connectivity index (χ0n) is 14.6. The molecule has 0 unspecified atom stereocenters. The molecular weight excluding hydrogens is 272 g/mol. The van der Waals surface area contributed by atoms with Crippen LogP contribution in [0, 0.1) is 19.3 Å².